The van der Waals surface area contributed by atoms with Crippen molar-refractivity contribution in [2.75, 3.05) is 6.61 Å². The van der Waals surface area contributed by atoms with Crippen LogP contribution in [0.1, 0.15) is 11.1 Å². The summed E-state index contributed by atoms with van der Waals surface area (Å²) >= 11 is 5.68. The molecule has 20 heavy (non-hydrogen) atoms. The molecule has 0 aliphatic rings. The van der Waals surface area contributed by atoms with E-state index in [-0.39, 0.29) is 11.6 Å². The predicted molar refractivity (Wildman–Crippen MR) is 76.1 cm³/mol. The molecule has 0 bridgehead atoms. The molecule has 0 aromatic heterocycles. The Morgan fingerprint density at radius 2 is 2.05 bits per heavy atom. The molecule has 0 spiro atoms. The Morgan fingerprint density at radius 3 is 2.80 bits per heavy atom. The molecule has 2 aromatic carbocycles. The highest BCUT2D eigenvalue weighted by molar-refractivity contribution is 6.30. The Kier molecular flexibility index (Phi) is 5.00. The number of hydrogen-bond donors (Lipinski definition) is 1. The zero-order valence-corrected chi connectivity index (χ0v) is 11.3. The highest BCUT2D eigenvalue weighted by Gasteiger charge is 2.02. The fourth-order valence-corrected chi connectivity index (χ4v) is 1.78. The first-order chi connectivity index (χ1) is 9.69. The van der Waals surface area contributed by atoms with Gasteiger partial charge in [-0.05, 0) is 29.8 Å². The van der Waals surface area contributed by atoms with Crippen LogP contribution in [-0.4, -0.2) is 11.7 Å². The number of hydrogen-bond acceptors (Lipinski definition) is 2. The first-order valence-electron chi connectivity index (χ1n) is 5.95. The van der Waals surface area contributed by atoms with E-state index < -0.39 is 5.82 Å². The van der Waals surface area contributed by atoms with Gasteiger partial charge in [0.25, 0.3) is 0 Å². The fourth-order valence-electron chi connectivity index (χ4n) is 1.61. The molecule has 0 saturated heterocycles. The maximum atomic E-state index is 13.0. The van der Waals surface area contributed by atoms with Crippen molar-refractivity contribution in [3.8, 4) is 17.6 Å². The summed E-state index contributed by atoms with van der Waals surface area (Å²) in [6, 6.07) is 11.7. The number of aliphatic hydroxyl groups excluding tert-OH is 1. The van der Waals surface area contributed by atoms with Crippen LogP contribution < -0.4 is 4.74 Å². The standard InChI is InChI=1S/C16H12ClFO2/c17-15-10-14(6-7-16(15)18)20-11-13-4-1-3-12(9-13)5-2-8-19/h1,3-4,6-7,9-10,19H,8,11H2. The topological polar surface area (TPSA) is 29.5 Å². The number of aliphatic hydroxyl groups is 1. The third-order valence-corrected chi connectivity index (χ3v) is 2.82. The number of benzene rings is 2. The van der Waals surface area contributed by atoms with E-state index in [9.17, 15) is 4.39 Å². The van der Waals surface area contributed by atoms with Crippen LogP contribution in [0.15, 0.2) is 42.5 Å². The molecule has 0 aliphatic carbocycles. The van der Waals surface area contributed by atoms with Crippen molar-refractivity contribution in [2.24, 2.45) is 0 Å². The second-order valence-electron chi connectivity index (χ2n) is 4.02. The molecule has 0 atom stereocenters. The van der Waals surface area contributed by atoms with Crippen LogP contribution in [0, 0.1) is 17.7 Å². The number of rotatable bonds is 3. The average molecular weight is 291 g/mol. The van der Waals surface area contributed by atoms with Gasteiger partial charge in [0.05, 0.1) is 5.02 Å². The van der Waals surface area contributed by atoms with Gasteiger partial charge in [0.1, 0.15) is 24.8 Å². The highest BCUT2D eigenvalue weighted by Crippen LogP contribution is 2.22. The Labute approximate surface area is 121 Å². The maximum Gasteiger partial charge on any atom is 0.142 e. The molecule has 0 radical (unpaired) electrons. The van der Waals surface area contributed by atoms with E-state index in [4.69, 9.17) is 21.4 Å². The third-order valence-electron chi connectivity index (χ3n) is 2.54. The molecular formula is C16H12ClFO2. The highest BCUT2D eigenvalue weighted by atomic mass is 35.5. The smallest absolute Gasteiger partial charge is 0.142 e. The van der Waals surface area contributed by atoms with Gasteiger partial charge in [0.15, 0.2) is 0 Å². The zero-order chi connectivity index (χ0) is 14.4. The summed E-state index contributed by atoms with van der Waals surface area (Å²) in [6.45, 7) is 0.158. The second kappa shape index (κ2) is 6.95. The van der Waals surface area contributed by atoms with Gasteiger partial charge in [-0.2, -0.15) is 0 Å². The van der Waals surface area contributed by atoms with Crippen LogP contribution in [-0.2, 0) is 6.61 Å². The lowest BCUT2D eigenvalue weighted by Crippen LogP contribution is -1.96. The first-order valence-corrected chi connectivity index (χ1v) is 6.33. The predicted octanol–water partition coefficient (Wildman–Crippen LogP) is 3.40. The normalized spacial score (nSPS) is 9.75. The van der Waals surface area contributed by atoms with Crippen molar-refractivity contribution in [1.29, 1.82) is 0 Å². The molecule has 0 heterocycles. The quantitative estimate of drug-likeness (QED) is 0.878. The van der Waals surface area contributed by atoms with Crippen LogP contribution in [0.3, 0.4) is 0 Å². The lowest BCUT2D eigenvalue weighted by Gasteiger charge is -2.07. The second-order valence-corrected chi connectivity index (χ2v) is 4.43. The Hall–Kier alpha value is -2.02. The van der Waals surface area contributed by atoms with Gasteiger partial charge in [-0.25, -0.2) is 4.39 Å². The van der Waals surface area contributed by atoms with Crippen LogP contribution in [0.2, 0.25) is 5.02 Å². The van der Waals surface area contributed by atoms with Gasteiger partial charge >= 0.3 is 0 Å². The minimum atomic E-state index is -0.472. The summed E-state index contributed by atoms with van der Waals surface area (Å²) in [6.07, 6.45) is 0. The number of ether oxygens (including phenoxy) is 1. The van der Waals surface area contributed by atoms with E-state index in [1.54, 1.807) is 0 Å². The van der Waals surface area contributed by atoms with E-state index in [1.807, 2.05) is 24.3 Å². The van der Waals surface area contributed by atoms with E-state index in [0.29, 0.717) is 12.4 Å². The maximum absolute atomic E-state index is 13.0. The summed E-state index contributed by atoms with van der Waals surface area (Å²) in [4.78, 5) is 0. The zero-order valence-electron chi connectivity index (χ0n) is 10.6. The van der Waals surface area contributed by atoms with Gasteiger partial charge in [0, 0.05) is 11.6 Å². The molecule has 0 aliphatic heterocycles. The molecule has 0 unspecified atom stereocenters. The Morgan fingerprint density at radius 1 is 1.20 bits per heavy atom. The van der Waals surface area contributed by atoms with Crippen molar-refractivity contribution in [3.05, 3.63) is 64.4 Å². The first kappa shape index (κ1) is 14.4. The molecule has 0 fully saturated rings. The van der Waals surface area contributed by atoms with Gasteiger partial charge in [-0.1, -0.05) is 35.6 Å². The molecular weight excluding hydrogens is 279 g/mol. The summed E-state index contributed by atoms with van der Waals surface area (Å²) in [7, 11) is 0. The molecule has 0 saturated carbocycles. The van der Waals surface area contributed by atoms with Crippen molar-refractivity contribution in [1.82, 2.24) is 0 Å². The average Bonchev–Trinajstić information content (AvgIpc) is 2.47. The summed E-state index contributed by atoms with van der Waals surface area (Å²) in [5, 5.41) is 8.69. The molecule has 2 nitrogen and oxygen atoms in total. The summed E-state index contributed by atoms with van der Waals surface area (Å²) in [5.74, 6) is 5.44. The summed E-state index contributed by atoms with van der Waals surface area (Å²) in [5.41, 5.74) is 1.73. The van der Waals surface area contributed by atoms with E-state index in [0.717, 1.165) is 11.1 Å². The Bertz CT molecular complexity index is 659. The van der Waals surface area contributed by atoms with Crippen LogP contribution in [0.25, 0.3) is 0 Å². The van der Waals surface area contributed by atoms with Gasteiger partial charge in [0.2, 0.25) is 0 Å². The lowest BCUT2D eigenvalue weighted by atomic mass is 10.1. The van der Waals surface area contributed by atoms with Gasteiger partial charge in [-0.3, -0.25) is 0 Å². The van der Waals surface area contributed by atoms with Gasteiger partial charge < -0.3 is 9.84 Å². The van der Waals surface area contributed by atoms with Crippen molar-refractivity contribution in [2.45, 2.75) is 6.61 Å². The molecule has 1 N–H and O–H groups in total. The minimum Gasteiger partial charge on any atom is -0.489 e. The monoisotopic (exact) mass is 290 g/mol. The molecule has 4 heteroatoms. The van der Waals surface area contributed by atoms with Crippen molar-refractivity contribution in [3.63, 3.8) is 0 Å². The lowest BCUT2D eigenvalue weighted by molar-refractivity contribution is 0.306. The molecule has 102 valence electrons. The largest absolute Gasteiger partial charge is 0.489 e. The third kappa shape index (κ3) is 3.99. The van der Waals surface area contributed by atoms with Crippen molar-refractivity contribution < 1.29 is 14.2 Å². The van der Waals surface area contributed by atoms with Crippen LogP contribution in [0.4, 0.5) is 4.39 Å². The summed E-state index contributed by atoms with van der Waals surface area (Å²) < 4.78 is 18.5. The van der Waals surface area contributed by atoms with E-state index in [1.165, 1.54) is 18.2 Å². The van der Waals surface area contributed by atoms with Gasteiger partial charge in [-0.15, -0.1) is 0 Å². The van der Waals surface area contributed by atoms with Crippen LogP contribution >= 0.6 is 11.6 Å². The SMILES string of the molecule is OCC#Cc1cccc(COc2ccc(F)c(Cl)c2)c1. The van der Waals surface area contributed by atoms with Crippen LogP contribution in [0.5, 0.6) is 5.75 Å². The van der Waals surface area contributed by atoms with E-state index >= 15 is 0 Å². The fraction of sp³-hybridized carbons (Fsp3) is 0.125. The Balaban J connectivity index is 2.05. The molecule has 0 amide bonds. The number of halogens is 2. The van der Waals surface area contributed by atoms with E-state index in [2.05, 4.69) is 11.8 Å². The minimum absolute atomic E-state index is 0.0325. The molecule has 2 aromatic rings. The molecule has 2 rings (SSSR count). The van der Waals surface area contributed by atoms with Crippen molar-refractivity contribution >= 4 is 11.6 Å².